The van der Waals surface area contributed by atoms with E-state index in [-0.39, 0.29) is 22.4 Å². The molecule has 0 aliphatic rings. The molecule has 3 unspecified atom stereocenters. The minimum Gasteiger partial charge on any atom is -0.493 e. The summed E-state index contributed by atoms with van der Waals surface area (Å²) in [5, 5.41) is 2.42. The number of carbonyl (C=O) groups excluding carboxylic acids is 3. The minimum absolute atomic E-state index is 0.108. The molecule has 1 amide bonds. The highest BCUT2D eigenvalue weighted by molar-refractivity contribution is 7.99. The van der Waals surface area contributed by atoms with Crippen molar-refractivity contribution in [3.63, 3.8) is 0 Å². The summed E-state index contributed by atoms with van der Waals surface area (Å²) >= 11 is 1.59. The van der Waals surface area contributed by atoms with Crippen molar-refractivity contribution in [2.75, 3.05) is 7.11 Å². The molecule has 200 valence electrons. The van der Waals surface area contributed by atoms with E-state index in [1.807, 2.05) is 67.6 Å². The molecule has 0 fully saturated rings. The van der Waals surface area contributed by atoms with E-state index < -0.39 is 35.9 Å². The van der Waals surface area contributed by atoms with Crippen molar-refractivity contribution in [3.8, 4) is 11.5 Å². The van der Waals surface area contributed by atoms with Gasteiger partial charge >= 0.3 is 11.9 Å². The van der Waals surface area contributed by atoms with Crippen molar-refractivity contribution in [1.82, 2.24) is 10.3 Å². The summed E-state index contributed by atoms with van der Waals surface area (Å²) in [5.74, 6) is -2.22. The fraction of sp³-hybridized carbons (Fsp3) is 0.310. The number of hydrogen-bond acceptors (Lipinski definition) is 8. The van der Waals surface area contributed by atoms with Crippen LogP contribution >= 0.6 is 11.8 Å². The number of carbonyl (C=O) groups is 3. The number of aromatic nitrogens is 1. The molecule has 1 N–H and O–H groups in total. The summed E-state index contributed by atoms with van der Waals surface area (Å²) < 4.78 is 16.4. The Morgan fingerprint density at radius 2 is 1.50 bits per heavy atom. The highest BCUT2D eigenvalue weighted by Crippen LogP contribution is 2.39. The van der Waals surface area contributed by atoms with Crippen LogP contribution in [0.4, 0.5) is 0 Å². The lowest BCUT2D eigenvalue weighted by molar-refractivity contribution is -0.150. The molecule has 8 nitrogen and oxygen atoms in total. The second-order valence-corrected chi connectivity index (χ2v) is 10.1. The summed E-state index contributed by atoms with van der Waals surface area (Å²) in [4.78, 5) is 43.4. The third kappa shape index (κ3) is 7.58. The first-order valence-corrected chi connectivity index (χ1v) is 13.1. The Bertz CT molecular complexity index is 1240. The number of rotatable bonds is 11. The predicted molar refractivity (Wildman–Crippen MR) is 145 cm³/mol. The second-order valence-electron chi connectivity index (χ2n) is 8.87. The first-order chi connectivity index (χ1) is 18.2. The second kappa shape index (κ2) is 13.6. The van der Waals surface area contributed by atoms with E-state index in [0.717, 1.165) is 10.5 Å². The molecule has 9 heteroatoms. The van der Waals surface area contributed by atoms with Gasteiger partial charge in [-0.2, -0.15) is 0 Å². The molecule has 0 saturated carbocycles. The molecule has 3 rings (SSSR count). The normalized spacial score (nSPS) is 13.2. The number of nitrogens with zero attached hydrogens (tertiary/aromatic N) is 1. The maximum Gasteiger partial charge on any atom is 0.328 e. The van der Waals surface area contributed by atoms with Gasteiger partial charge in [-0.1, -0.05) is 62.4 Å². The summed E-state index contributed by atoms with van der Waals surface area (Å²) in [6.07, 6.45) is 0.850. The van der Waals surface area contributed by atoms with Crippen LogP contribution in [0.5, 0.6) is 11.5 Å². The zero-order valence-corrected chi connectivity index (χ0v) is 22.9. The quantitative estimate of drug-likeness (QED) is 0.262. The maximum absolute atomic E-state index is 13.0. The van der Waals surface area contributed by atoms with Crippen LogP contribution in [0.25, 0.3) is 0 Å². The molecular weight excluding hydrogens is 504 g/mol. The van der Waals surface area contributed by atoms with Gasteiger partial charge < -0.3 is 19.5 Å². The van der Waals surface area contributed by atoms with Crippen LogP contribution < -0.4 is 14.8 Å². The highest BCUT2D eigenvalue weighted by Gasteiger charge is 2.29. The Morgan fingerprint density at radius 1 is 0.868 bits per heavy atom. The van der Waals surface area contributed by atoms with Gasteiger partial charge in [0.15, 0.2) is 11.4 Å². The van der Waals surface area contributed by atoms with Crippen LogP contribution in [0.2, 0.25) is 0 Å². The summed E-state index contributed by atoms with van der Waals surface area (Å²) in [5.41, 5.74) is 0.836. The number of ether oxygens (including phenoxy) is 3. The van der Waals surface area contributed by atoms with Gasteiger partial charge in [-0.05, 0) is 31.5 Å². The van der Waals surface area contributed by atoms with Crippen LogP contribution in [0.3, 0.4) is 0 Å². The molecular formula is C29H32N2O6S. The fourth-order valence-corrected chi connectivity index (χ4v) is 4.61. The maximum atomic E-state index is 13.0. The SMILES string of the molecule is COc1ccnc(C(=O)NC(C)C(=O)OC(C)C(Sc2ccccc2)c2ccccc2)c1OC(=O)C(C)C. The first kappa shape index (κ1) is 28.7. The van der Waals surface area contributed by atoms with Gasteiger partial charge in [0.05, 0.1) is 18.3 Å². The third-order valence-corrected chi connectivity index (χ3v) is 7.00. The lowest BCUT2D eigenvalue weighted by Gasteiger charge is -2.25. The van der Waals surface area contributed by atoms with Gasteiger partial charge in [0.1, 0.15) is 12.1 Å². The Hall–Kier alpha value is -3.85. The van der Waals surface area contributed by atoms with Crippen molar-refractivity contribution in [3.05, 3.63) is 84.2 Å². The van der Waals surface area contributed by atoms with Crippen molar-refractivity contribution in [2.45, 2.75) is 50.0 Å². The Morgan fingerprint density at radius 3 is 2.11 bits per heavy atom. The van der Waals surface area contributed by atoms with Crippen molar-refractivity contribution in [2.24, 2.45) is 5.92 Å². The van der Waals surface area contributed by atoms with E-state index in [4.69, 9.17) is 14.2 Å². The zero-order valence-electron chi connectivity index (χ0n) is 22.0. The number of methoxy groups -OCH3 is 1. The first-order valence-electron chi connectivity index (χ1n) is 12.2. The molecule has 0 spiro atoms. The molecule has 2 aromatic carbocycles. The van der Waals surface area contributed by atoms with E-state index in [2.05, 4.69) is 10.3 Å². The van der Waals surface area contributed by atoms with Gasteiger partial charge in [0, 0.05) is 17.2 Å². The average Bonchev–Trinajstić information content (AvgIpc) is 2.92. The number of nitrogens with one attached hydrogen (secondary N) is 1. The van der Waals surface area contributed by atoms with Gasteiger partial charge in [0.2, 0.25) is 5.75 Å². The molecule has 0 bridgehead atoms. The van der Waals surface area contributed by atoms with E-state index in [0.29, 0.717) is 0 Å². The summed E-state index contributed by atoms with van der Waals surface area (Å²) in [6, 6.07) is 20.1. The molecule has 3 aromatic rings. The molecule has 0 aliphatic carbocycles. The molecule has 1 heterocycles. The molecule has 0 aliphatic heterocycles. The molecule has 38 heavy (non-hydrogen) atoms. The smallest absolute Gasteiger partial charge is 0.328 e. The van der Waals surface area contributed by atoms with Crippen molar-refractivity contribution >= 4 is 29.6 Å². The van der Waals surface area contributed by atoms with Crippen molar-refractivity contribution < 1.29 is 28.6 Å². The number of benzene rings is 2. The van der Waals surface area contributed by atoms with Crippen LogP contribution in [0.1, 0.15) is 49.0 Å². The fourth-order valence-electron chi connectivity index (χ4n) is 3.46. The lowest BCUT2D eigenvalue weighted by atomic mass is 10.1. The van der Waals surface area contributed by atoms with Crippen LogP contribution in [0.15, 0.2) is 77.8 Å². The van der Waals surface area contributed by atoms with Gasteiger partial charge in [-0.25, -0.2) is 9.78 Å². The van der Waals surface area contributed by atoms with Gasteiger partial charge in [0.25, 0.3) is 5.91 Å². The average molecular weight is 537 g/mol. The monoisotopic (exact) mass is 536 g/mol. The van der Waals surface area contributed by atoms with Crippen LogP contribution in [0, 0.1) is 5.92 Å². The molecule has 0 radical (unpaired) electrons. The largest absolute Gasteiger partial charge is 0.493 e. The number of esters is 2. The van der Waals surface area contributed by atoms with Gasteiger partial charge in [-0.3, -0.25) is 9.59 Å². The van der Waals surface area contributed by atoms with Crippen LogP contribution in [-0.2, 0) is 14.3 Å². The highest BCUT2D eigenvalue weighted by atomic mass is 32.2. The Labute approximate surface area is 227 Å². The molecule has 3 atom stereocenters. The molecule has 1 aromatic heterocycles. The lowest BCUT2D eigenvalue weighted by Crippen LogP contribution is -2.41. The number of pyridine rings is 1. The van der Waals surface area contributed by atoms with E-state index >= 15 is 0 Å². The van der Waals surface area contributed by atoms with Crippen molar-refractivity contribution in [1.29, 1.82) is 0 Å². The Balaban J connectivity index is 1.73. The Kier molecular flexibility index (Phi) is 10.3. The minimum atomic E-state index is -0.996. The summed E-state index contributed by atoms with van der Waals surface area (Å²) in [6.45, 7) is 6.69. The van der Waals surface area contributed by atoms with E-state index in [9.17, 15) is 14.4 Å². The topological polar surface area (TPSA) is 104 Å². The molecule has 0 saturated heterocycles. The van der Waals surface area contributed by atoms with Gasteiger partial charge in [-0.15, -0.1) is 11.8 Å². The zero-order chi connectivity index (χ0) is 27.7. The number of amides is 1. The third-order valence-electron chi connectivity index (χ3n) is 5.54. The van der Waals surface area contributed by atoms with E-state index in [1.54, 1.807) is 25.6 Å². The standard InChI is InChI=1S/C29H32N2O6S/c1-18(2)28(33)37-25-23(35-5)16-17-30-24(25)27(32)31-19(3)29(34)36-20(4)26(21-12-8-6-9-13-21)38-22-14-10-7-11-15-22/h6-20,26H,1-5H3,(H,31,32). The number of hydrogen-bond donors (Lipinski definition) is 1. The number of thioether (sulfide) groups is 1. The summed E-state index contributed by atoms with van der Waals surface area (Å²) in [7, 11) is 1.39. The predicted octanol–water partition coefficient (Wildman–Crippen LogP) is 5.24. The van der Waals surface area contributed by atoms with Crippen LogP contribution in [-0.4, -0.2) is 42.1 Å². The van der Waals surface area contributed by atoms with E-state index in [1.165, 1.54) is 26.3 Å².